The Morgan fingerprint density at radius 2 is 1.47 bits per heavy atom. The fourth-order valence-corrected chi connectivity index (χ4v) is 1.04. The van der Waals surface area contributed by atoms with Gasteiger partial charge in [-0.1, -0.05) is 12.1 Å². The van der Waals surface area contributed by atoms with E-state index in [0.717, 1.165) is 24.3 Å². The standard InChI is InChI=1S/C9H8F5N/c10-8(11)7(15)5-1-3-6(4-2-5)9(12,13)14/h1-4,7-8H,15H2. The van der Waals surface area contributed by atoms with Gasteiger partial charge in [0.05, 0.1) is 11.6 Å². The maximum Gasteiger partial charge on any atom is 0.416 e. The second-order valence-electron chi connectivity index (χ2n) is 2.98. The van der Waals surface area contributed by atoms with E-state index in [9.17, 15) is 22.0 Å². The van der Waals surface area contributed by atoms with Gasteiger partial charge in [-0.25, -0.2) is 8.78 Å². The van der Waals surface area contributed by atoms with Crippen molar-refractivity contribution >= 4 is 0 Å². The van der Waals surface area contributed by atoms with E-state index in [1.54, 1.807) is 0 Å². The third-order valence-corrected chi connectivity index (χ3v) is 1.89. The fourth-order valence-electron chi connectivity index (χ4n) is 1.04. The fraction of sp³-hybridized carbons (Fsp3) is 0.333. The first-order valence-corrected chi connectivity index (χ1v) is 4.03. The van der Waals surface area contributed by atoms with Gasteiger partial charge in [0.1, 0.15) is 0 Å². The van der Waals surface area contributed by atoms with Crippen LogP contribution < -0.4 is 5.73 Å². The van der Waals surface area contributed by atoms with Crippen molar-refractivity contribution in [3.63, 3.8) is 0 Å². The van der Waals surface area contributed by atoms with Crippen molar-refractivity contribution in [2.75, 3.05) is 0 Å². The molecule has 0 saturated carbocycles. The SMILES string of the molecule is NC(c1ccc(C(F)(F)F)cc1)C(F)F. The lowest BCUT2D eigenvalue weighted by Crippen LogP contribution is -2.19. The van der Waals surface area contributed by atoms with Crippen LogP contribution in [0, 0.1) is 0 Å². The number of hydrogen-bond donors (Lipinski definition) is 1. The maximum absolute atomic E-state index is 12.1. The highest BCUT2D eigenvalue weighted by atomic mass is 19.4. The number of rotatable bonds is 2. The number of halogens is 5. The predicted octanol–water partition coefficient (Wildman–Crippen LogP) is 2.97. The largest absolute Gasteiger partial charge is 0.416 e. The summed E-state index contributed by atoms with van der Waals surface area (Å²) in [5.74, 6) is 0. The lowest BCUT2D eigenvalue weighted by molar-refractivity contribution is -0.137. The lowest BCUT2D eigenvalue weighted by Gasteiger charge is -2.12. The van der Waals surface area contributed by atoms with E-state index < -0.39 is 24.2 Å². The van der Waals surface area contributed by atoms with Crippen molar-refractivity contribution < 1.29 is 22.0 Å². The molecule has 1 nitrogen and oxygen atoms in total. The molecule has 0 amide bonds. The van der Waals surface area contributed by atoms with Gasteiger partial charge < -0.3 is 5.73 Å². The minimum absolute atomic E-state index is 0.0157. The molecular weight excluding hydrogens is 217 g/mol. The molecule has 1 atom stereocenters. The van der Waals surface area contributed by atoms with E-state index in [1.807, 2.05) is 0 Å². The van der Waals surface area contributed by atoms with Gasteiger partial charge in [0.2, 0.25) is 0 Å². The number of alkyl halides is 5. The van der Waals surface area contributed by atoms with Crippen molar-refractivity contribution in [2.24, 2.45) is 5.73 Å². The van der Waals surface area contributed by atoms with Crippen LogP contribution >= 0.6 is 0 Å². The number of nitrogens with two attached hydrogens (primary N) is 1. The Labute approximate surface area is 82.7 Å². The van der Waals surface area contributed by atoms with Gasteiger partial charge in [0.25, 0.3) is 6.43 Å². The van der Waals surface area contributed by atoms with Gasteiger partial charge >= 0.3 is 6.18 Å². The topological polar surface area (TPSA) is 26.0 Å². The van der Waals surface area contributed by atoms with E-state index >= 15 is 0 Å². The van der Waals surface area contributed by atoms with Gasteiger partial charge in [0, 0.05) is 0 Å². The zero-order chi connectivity index (χ0) is 11.6. The second-order valence-corrected chi connectivity index (χ2v) is 2.98. The summed E-state index contributed by atoms with van der Waals surface area (Å²) in [5, 5.41) is 0. The summed E-state index contributed by atoms with van der Waals surface area (Å²) in [4.78, 5) is 0. The number of benzene rings is 1. The van der Waals surface area contributed by atoms with Crippen LogP contribution in [0.3, 0.4) is 0 Å². The molecular formula is C9H8F5N. The molecule has 0 saturated heterocycles. The molecule has 0 aromatic heterocycles. The van der Waals surface area contributed by atoms with Crippen molar-refractivity contribution in [3.8, 4) is 0 Å². The Morgan fingerprint density at radius 1 is 1.00 bits per heavy atom. The molecule has 84 valence electrons. The van der Waals surface area contributed by atoms with E-state index in [2.05, 4.69) is 0 Å². The summed E-state index contributed by atoms with van der Waals surface area (Å²) in [7, 11) is 0. The van der Waals surface area contributed by atoms with Gasteiger partial charge in [-0.3, -0.25) is 0 Å². The molecule has 1 unspecified atom stereocenters. The lowest BCUT2D eigenvalue weighted by atomic mass is 10.1. The molecule has 6 heteroatoms. The molecule has 0 fully saturated rings. The molecule has 0 heterocycles. The third kappa shape index (κ3) is 2.89. The molecule has 2 N–H and O–H groups in total. The van der Waals surface area contributed by atoms with Crippen LogP contribution in [-0.2, 0) is 6.18 Å². The first-order valence-electron chi connectivity index (χ1n) is 4.03. The number of hydrogen-bond acceptors (Lipinski definition) is 1. The summed E-state index contributed by atoms with van der Waals surface area (Å²) >= 11 is 0. The zero-order valence-electron chi connectivity index (χ0n) is 7.43. The highest BCUT2D eigenvalue weighted by Crippen LogP contribution is 2.30. The van der Waals surface area contributed by atoms with Crippen LogP contribution in [0.1, 0.15) is 17.2 Å². The quantitative estimate of drug-likeness (QED) is 0.769. The molecule has 0 aliphatic heterocycles. The van der Waals surface area contributed by atoms with Gasteiger partial charge in [-0.2, -0.15) is 13.2 Å². The molecule has 1 rings (SSSR count). The Hall–Kier alpha value is -1.17. The average Bonchev–Trinajstić information content (AvgIpc) is 2.15. The summed E-state index contributed by atoms with van der Waals surface area (Å²) in [5.41, 5.74) is 4.17. The zero-order valence-corrected chi connectivity index (χ0v) is 7.43. The Balaban J connectivity index is 2.91. The third-order valence-electron chi connectivity index (χ3n) is 1.89. The minimum atomic E-state index is -4.46. The molecule has 0 spiro atoms. The highest BCUT2D eigenvalue weighted by molar-refractivity contribution is 5.26. The summed E-state index contributed by atoms with van der Waals surface area (Å²) < 4.78 is 60.5. The smallest absolute Gasteiger partial charge is 0.319 e. The van der Waals surface area contributed by atoms with Crippen molar-refractivity contribution in [3.05, 3.63) is 35.4 Å². The van der Waals surface area contributed by atoms with Crippen molar-refractivity contribution in [1.29, 1.82) is 0 Å². The molecule has 0 bridgehead atoms. The Kier molecular flexibility index (Phi) is 3.28. The van der Waals surface area contributed by atoms with Gasteiger partial charge in [-0.15, -0.1) is 0 Å². The molecule has 0 radical (unpaired) electrons. The second kappa shape index (κ2) is 4.14. The van der Waals surface area contributed by atoms with Gasteiger partial charge in [-0.05, 0) is 17.7 Å². The van der Waals surface area contributed by atoms with Crippen LogP contribution in [0.25, 0.3) is 0 Å². The Bertz CT molecular complexity index is 316. The van der Waals surface area contributed by atoms with Crippen LogP contribution in [-0.4, -0.2) is 6.43 Å². The van der Waals surface area contributed by atoms with Gasteiger partial charge in [0.15, 0.2) is 0 Å². The summed E-state index contributed by atoms with van der Waals surface area (Å²) in [6.07, 6.45) is -7.25. The first-order chi connectivity index (χ1) is 6.82. The monoisotopic (exact) mass is 225 g/mol. The predicted molar refractivity (Wildman–Crippen MR) is 44.4 cm³/mol. The minimum Gasteiger partial charge on any atom is -0.319 e. The molecule has 1 aromatic rings. The van der Waals surface area contributed by atoms with Crippen LogP contribution in [0.15, 0.2) is 24.3 Å². The van der Waals surface area contributed by atoms with Crippen molar-refractivity contribution in [2.45, 2.75) is 18.6 Å². The summed E-state index contributed by atoms with van der Waals surface area (Å²) in [6.45, 7) is 0. The van der Waals surface area contributed by atoms with Crippen molar-refractivity contribution in [1.82, 2.24) is 0 Å². The highest BCUT2D eigenvalue weighted by Gasteiger charge is 2.30. The summed E-state index contributed by atoms with van der Waals surface area (Å²) in [6, 6.07) is 1.83. The van der Waals surface area contributed by atoms with Crippen LogP contribution in [0.5, 0.6) is 0 Å². The van der Waals surface area contributed by atoms with Crippen LogP contribution in [0.4, 0.5) is 22.0 Å². The average molecular weight is 225 g/mol. The molecule has 15 heavy (non-hydrogen) atoms. The van der Waals surface area contributed by atoms with E-state index in [1.165, 1.54) is 0 Å². The maximum atomic E-state index is 12.1. The van der Waals surface area contributed by atoms with E-state index in [-0.39, 0.29) is 5.56 Å². The molecule has 1 aromatic carbocycles. The normalized spacial score (nSPS) is 14.3. The van der Waals surface area contributed by atoms with Crippen LogP contribution in [0.2, 0.25) is 0 Å². The molecule has 0 aliphatic carbocycles. The van der Waals surface area contributed by atoms with E-state index in [0.29, 0.717) is 0 Å². The molecule has 0 aliphatic rings. The Morgan fingerprint density at radius 3 is 1.80 bits per heavy atom. The van der Waals surface area contributed by atoms with E-state index in [4.69, 9.17) is 5.73 Å². The first kappa shape index (κ1) is 11.9.